The molecule has 2 aromatic rings. The van der Waals surface area contributed by atoms with Crippen molar-refractivity contribution in [3.8, 4) is 6.07 Å². The summed E-state index contributed by atoms with van der Waals surface area (Å²) in [6.45, 7) is 0.317. The highest BCUT2D eigenvalue weighted by Crippen LogP contribution is 2.07. The Morgan fingerprint density at radius 2 is 1.78 bits per heavy atom. The van der Waals surface area contributed by atoms with Gasteiger partial charge in [0.25, 0.3) is 5.91 Å². The van der Waals surface area contributed by atoms with Crippen molar-refractivity contribution in [2.24, 2.45) is 0 Å². The number of hydrogen-bond acceptors (Lipinski definition) is 4. The van der Waals surface area contributed by atoms with E-state index in [-0.39, 0.29) is 25.5 Å². The van der Waals surface area contributed by atoms with Gasteiger partial charge >= 0.3 is 5.97 Å². The number of nitriles is 1. The maximum absolute atomic E-state index is 11.9. The maximum atomic E-state index is 11.9. The Morgan fingerprint density at radius 1 is 1.04 bits per heavy atom. The van der Waals surface area contributed by atoms with Crippen LogP contribution in [0.15, 0.2) is 54.6 Å². The predicted octanol–water partition coefficient (Wildman–Crippen LogP) is 2.34. The van der Waals surface area contributed by atoms with Crippen LogP contribution in [0.4, 0.5) is 0 Å². The lowest BCUT2D eigenvalue weighted by atomic mass is 10.1. The summed E-state index contributed by atoms with van der Waals surface area (Å²) in [5.41, 5.74) is 1.72. The van der Waals surface area contributed by atoms with Crippen LogP contribution in [0.5, 0.6) is 0 Å². The zero-order chi connectivity index (χ0) is 16.5. The lowest BCUT2D eigenvalue weighted by Gasteiger charge is -2.07. The molecule has 0 aliphatic carbocycles. The SMILES string of the molecule is N#CCc1cccc(C(=O)OCCNC(=O)c2ccccc2)c1. The number of nitrogens with one attached hydrogen (secondary N) is 1. The number of amides is 1. The highest BCUT2D eigenvalue weighted by Gasteiger charge is 2.08. The predicted molar refractivity (Wildman–Crippen MR) is 84.8 cm³/mol. The monoisotopic (exact) mass is 308 g/mol. The molecule has 2 aromatic carbocycles. The fourth-order valence-electron chi connectivity index (χ4n) is 1.98. The molecule has 0 unspecified atom stereocenters. The minimum absolute atomic E-state index is 0.0832. The Bertz CT molecular complexity index is 721. The molecule has 1 amide bonds. The van der Waals surface area contributed by atoms with Gasteiger partial charge in [0, 0.05) is 5.56 Å². The van der Waals surface area contributed by atoms with Gasteiger partial charge in [0.05, 0.1) is 24.6 Å². The van der Waals surface area contributed by atoms with E-state index in [4.69, 9.17) is 10.00 Å². The standard InChI is InChI=1S/C18H16N2O3/c19-10-9-14-5-4-8-16(13-14)18(22)23-12-11-20-17(21)15-6-2-1-3-7-15/h1-8,13H,9,11-12H2,(H,20,21). The first-order valence-electron chi connectivity index (χ1n) is 7.17. The summed E-state index contributed by atoms with van der Waals surface area (Å²) in [4.78, 5) is 23.7. The van der Waals surface area contributed by atoms with Gasteiger partial charge in [-0.05, 0) is 29.8 Å². The molecular weight excluding hydrogens is 292 g/mol. The third-order valence-corrected chi connectivity index (χ3v) is 3.10. The molecular formula is C18H16N2O3. The van der Waals surface area contributed by atoms with Gasteiger partial charge in [-0.15, -0.1) is 0 Å². The molecule has 5 nitrogen and oxygen atoms in total. The van der Waals surface area contributed by atoms with Crippen LogP contribution in [0.1, 0.15) is 26.3 Å². The molecule has 0 aromatic heterocycles. The number of nitrogens with zero attached hydrogens (tertiary/aromatic N) is 1. The van der Waals surface area contributed by atoms with Crippen molar-refractivity contribution in [3.63, 3.8) is 0 Å². The number of esters is 1. The number of hydrogen-bond donors (Lipinski definition) is 1. The second-order valence-corrected chi connectivity index (χ2v) is 4.79. The summed E-state index contributed by atoms with van der Waals surface area (Å²) in [5.74, 6) is -0.684. The first kappa shape index (κ1) is 16.2. The zero-order valence-electron chi connectivity index (χ0n) is 12.5. The summed E-state index contributed by atoms with van der Waals surface area (Å²) >= 11 is 0. The number of carbonyl (C=O) groups excluding carboxylic acids is 2. The van der Waals surface area contributed by atoms with Gasteiger partial charge in [0.1, 0.15) is 6.61 Å². The van der Waals surface area contributed by atoms with Crippen molar-refractivity contribution < 1.29 is 14.3 Å². The number of ether oxygens (including phenoxy) is 1. The molecule has 0 aliphatic rings. The van der Waals surface area contributed by atoms with Crippen LogP contribution in [0.2, 0.25) is 0 Å². The van der Waals surface area contributed by atoms with E-state index >= 15 is 0 Å². The molecule has 0 spiro atoms. The molecule has 0 atom stereocenters. The van der Waals surface area contributed by atoms with Crippen molar-refractivity contribution in [2.75, 3.05) is 13.2 Å². The van der Waals surface area contributed by atoms with E-state index in [9.17, 15) is 9.59 Å². The van der Waals surface area contributed by atoms with Gasteiger partial charge in [0.15, 0.2) is 0 Å². The van der Waals surface area contributed by atoms with Crippen molar-refractivity contribution in [1.29, 1.82) is 5.26 Å². The molecule has 0 saturated heterocycles. The molecule has 0 radical (unpaired) electrons. The Kier molecular flexibility index (Phi) is 5.89. The van der Waals surface area contributed by atoms with Crippen LogP contribution in [0.3, 0.4) is 0 Å². The second-order valence-electron chi connectivity index (χ2n) is 4.79. The van der Waals surface area contributed by atoms with E-state index in [1.54, 1.807) is 48.5 Å². The average Bonchev–Trinajstić information content (AvgIpc) is 2.59. The van der Waals surface area contributed by atoms with Gasteiger partial charge in [-0.2, -0.15) is 5.26 Å². The summed E-state index contributed by atoms with van der Waals surface area (Å²) in [6, 6.07) is 17.6. The Hall–Kier alpha value is -3.13. The molecule has 0 bridgehead atoms. The molecule has 0 saturated carbocycles. The van der Waals surface area contributed by atoms with Crippen molar-refractivity contribution in [3.05, 3.63) is 71.3 Å². The Labute approximate surface area is 134 Å². The average molecular weight is 308 g/mol. The van der Waals surface area contributed by atoms with Gasteiger partial charge in [-0.3, -0.25) is 4.79 Å². The van der Waals surface area contributed by atoms with E-state index in [0.717, 1.165) is 5.56 Å². The quantitative estimate of drug-likeness (QED) is 0.656. The highest BCUT2D eigenvalue weighted by molar-refractivity contribution is 5.94. The fourth-order valence-corrected chi connectivity index (χ4v) is 1.98. The van der Waals surface area contributed by atoms with Crippen LogP contribution < -0.4 is 5.32 Å². The van der Waals surface area contributed by atoms with Gasteiger partial charge < -0.3 is 10.1 Å². The van der Waals surface area contributed by atoms with E-state index in [2.05, 4.69) is 5.32 Å². The van der Waals surface area contributed by atoms with Gasteiger partial charge in [-0.1, -0.05) is 30.3 Å². The third-order valence-electron chi connectivity index (χ3n) is 3.10. The van der Waals surface area contributed by atoms with Crippen molar-refractivity contribution >= 4 is 11.9 Å². The largest absolute Gasteiger partial charge is 0.460 e. The van der Waals surface area contributed by atoms with Crippen molar-refractivity contribution in [1.82, 2.24) is 5.32 Å². The van der Waals surface area contributed by atoms with E-state index < -0.39 is 5.97 Å². The lowest BCUT2D eigenvalue weighted by Crippen LogP contribution is -2.28. The van der Waals surface area contributed by atoms with E-state index in [0.29, 0.717) is 11.1 Å². The van der Waals surface area contributed by atoms with E-state index in [1.807, 2.05) is 12.1 Å². The van der Waals surface area contributed by atoms with Crippen molar-refractivity contribution in [2.45, 2.75) is 6.42 Å². The topological polar surface area (TPSA) is 79.2 Å². The molecule has 1 N–H and O–H groups in total. The first-order chi connectivity index (χ1) is 11.2. The van der Waals surface area contributed by atoms with Crippen LogP contribution in [0, 0.1) is 11.3 Å². The zero-order valence-corrected chi connectivity index (χ0v) is 12.5. The molecule has 0 aliphatic heterocycles. The number of carbonyl (C=O) groups is 2. The molecule has 5 heteroatoms. The van der Waals surface area contributed by atoms with Crippen LogP contribution in [-0.4, -0.2) is 25.0 Å². The Morgan fingerprint density at radius 3 is 2.52 bits per heavy atom. The molecule has 23 heavy (non-hydrogen) atoms. The number of rotatable bonds is 6. The van der Waals surface area contributed by atoms with Gasteiger partial charge in [-0.25, -0.2) is 4.79 Å². The molecule has 0 heterocycles. The minimum Gasteiger partial charge on any atom is -0.460 e. The molecule has 116 valence electrons. The smallest absolute Gasteiger partial charge is 0.338 e. The minimum atomic E-state index is -0.473. The fraction of sp³-hybridized carbons (Fsp3) is 0.167. The van der Waals surface area contributed by atoms with Crippen LogP contribution in [0.25, 0.3) is 0 Å². The first-order valence-corrected chi connectivity index (χ1v) is 7.17. The van der Waals surface area contributed by atoms with Gasteiger partial charge in [0.2, 0.25) is 0 Å². The van der Waals surface area contributed by atoms with Crippen LogP contribution in [-0.2, 0) is 11.2 Å². The van der Waals surface area contributed by atoms with Crippen LogP contribution >= 0.6 is 0 Å². The molecule has 2 rings (SSSR count). The Balaban J connectivity index is 1.78. The molecule has 0 fully saturated rings. The summed E-state index contributed by atoms with van der Waals surface area (Å²) in [6.07, 6.45) is 0.244. The third kappa shape index (κ3) is 4.97. The van der Waals surface area contributed by atoms with E-state index in [1.165, 1.54) is 0 Å². The summed E-state index contributed by atoms with van der Waals surface area (Å²) in [7, 11) is 0. The number of benzene rings is 2. The summed E-state index contributed by atoms with van der Waals surface area (Å²) < 4.78 is 5.11. The second kappa shape index (κ2) is 8.35. The lowest BCUT2D eigenvalue weighted by molar-refractivity contribution is 0.0503. The highest BCUT2D eigenvalue weighted by atomic mass is 16.5. The summed E-state index contributed by atoms with van der Waals surface area (Å²) in [5, 5.41) is 11.3. The normalized spacial score (nSPS) is 9.70. The maximum Gasteiger partial charge on any atom is 0.338 e.